The van der Waals surface area contributed by atoms with Crippen LogP contribution in [0.3, 0.4) is 0 Å². The summed E-state index contributed by atoms with van der Waals surface area (Å²) < 4.78 is 5.30. The van der Waals surface area contributed by atoms with Gasteiger partial charge in [-0.3, -0.25) is 9.69 Å². The van der Waals surface area contributed by atoms with Crippen molar-refractivity contribution in [2.45, 2.75) is 51.7 Å². The third-order valence-corrected chi connectivity index (χ3v) is 3.82. The van der Waals surface area contributed by atoms with Crippen LogP contribution in [0.25, 0.3) is 0 Å². The minimum absolute atomic E-state index is 0.334. The topological polar surface area (TPSA) is 65.7 Å². The Morgan fingerprint density at radius 3 is 2.90 bits per heavy atom. The van der Waals surface area contributed by atoms with E-state index in [0.717, 1.165) is 19.4 Å². The zero-order chi connectivity index (χ0) is 14.5. The molecule has 2 rings (SSSR count). The van der Waals surface area contributed by atoms with Gasteiger partial charge in [-0.15, -0.1) is 0 Å². The van der Waals surface area contributed by atoms with E-state index in [1.807, 2.05) is 0 Å². The Labute approximate surface area is 119 Å². The summed E-state index contributed by atoms with van der Waals surface area (Å²) in [6.07, 6.45) is 4.85. The minimum Gasteiger partial charge on any atom is -0.502 e. The molecule has 2 N–H and O–H groups in total. The van der Waals surface area contributed by atoms with Crippen LogP contribution in [-0.4, -0.2) is 35.2 Å². The second kappa shape index (κ2) is 6.90. The van der Waals surface area contributed by atoms with E-state index in [2.05, 4.69) is 24.1 Å². The minimum atomic E-state index is -0.384. The summed E-state index contributed by atoms with van der Waals surface area (Å²) in [5.41, 5.74) is -0.384. The second-order valence-corrected chi connectivity index (χ2v) is 5.77. The van der Waals surface area contributed by atoms with E-state index < -0.39 is 0 Å². The molecule has 1 atom stereocenters. The summed E-state index contributed by atoms with van der Waals surface area (Å²) in [5, 5.41) is 12.8. The van der Waals surface area contributed by atoms with Gasteiger partial charge in [-0.05, 0) is 33.2 Å². The first-order valence-corrected chi connectivity index (χ1v) is 7.34. The highest BCUT2D eigenvalue weighted by Crippen LogP contribution is 2.14. The molecule has 2 heterocycles. The van der Waals surface area contributed by atoms with Crippen molar-refractivity contribution in [1.82, 2.24) is 10.2 Å². The van der Waals surface area contributed by atoms with Crippen molar-refractivity contribution in [2.75, 3.05) is 13.1 Å². The smallest absolute Gasteiger partial charge is 0.226 e. The summed E-state index contributed by atoms with van der Waals surface area (Å²) in [5.74, 6) is 0.260. The highest BCUT2D eigenvalue weighted by molar-refractivity contribution is 5.15. The SMILES string of the molecule is CC(C)N(Cc1cc(=O)c(O)co1)CC1CCCCN1. The van der Waals surface area contributed by atoms with Crippen LogP contribution in [0.1, 0.15) is 38.9 Å². The average molecular weight is 280 g/mol. The van der Waals surface area contributed by atoms with Gasteiger partial charge in [0.15, 0.2) is 5.75 Å². The van der Waals surface area contributed by atoms with E-state index in [4.69, 9.17) is 4.42 Å². The molecule has 1 aromatic rings. The van der Waals surface area contributed by atoms with Gasteiger partial charge >= 0.3 is 0 Å². The molecular formula is C15H24N2O3. The third-order valence-electron chi connectivity index (χ3n) is 3.82. The van der Waals surface area contributed by atoms with Crippen LogP contribution in [0.4, 0.5) is 0 Å². The normalized spacial score (nSPS) is 19.7. The molecule has 0 aliphatic carbocycles. The Morgan fingerprint density at radius 2 is 2.30 bits per heavy atom. The summed E-state index contributed by atoms with van der Waals surface area (Å²) >= 11 is 0. The van der Waals surface area contributed by atoms with Gasteiger partial charge in [-0.25, -0.2) is 0 Å². The number of rotatable bonds is 5. The molecule has 112 valence electrons. The van der Waals surface area contributed by atoms with Crippen molar-refractivity contribution >= 4 is 0 Å². The summed E-state index contributed by atoms with van der Waals surface area (Å²) in [6.45, 7) is 6.90. The number of nitrogens with one attached hydrogen (secondary N) is 1. The van der Waals surface area contributed by atoms with Crippen LogP contribution in [0.5, 0.6) is 5.75 Å². The maximum absolute atomic E-state index is 11.4. The summed E-state index contributed by atoms with van der Waals surface area (Å²) in [6, 6.07) is 2.26. The molecule has 0 amide bonds. The van der Waals surface area contributed by atoms with Crippen LogP contribution in [0.2, 0.25) is 0 Å². The van der Waals surface area contributed by atoms with Gasteiger partial charge in [0.2, 0.25) is 5.43 Å². The van der Waals surface area contributed by atoms with Crippen molar-refractivity contribution in [3.8, 4) is 5.75 Å². The van der Waals surface area contributed by atoms with E-state index in [9.17, 15) is 9.90 Å². The van der Waals surface area contributed by atoms with E-state index in [1.54, 1.807) is 0 Å². The van der Waals surface area contributed by atoms with E-state index in [0.29, 0.717) is 24.4 Å². The first-order chi connectivity index (χ1) is 9.56. The number of hydrogen-bond donors (Lipinski definition) is 2. The van der Waals surface area contributed by atoms with E-state index in [-0.39, 0.29) is 11.2 Å². The highest BCUT2D eigenvalue weighted by atomic mass is 16.4. The molecule has 5 nitrogen and oxygen atoms in total. The molecule has 0 saturated carbocycles. The summed E-state index contributed by atoms with van der Waals surface area (Å²) in [7, 11) is 0. The predicted octanol–water partition coefficient (Wildman–Crippen LogP) is 1.70. The standard InChI is InChI=1S/C15H24N2O3/c1-11(2)17(8-12-5-3-4-6-16-12)9-13-7-14(18)15(19)10-20-13/h7,10-12,16,19H,3-6,8-9H2,1-2H3. The molecule has 1 saturated heterocycles. The van der Waals surface area contributed by atoms with E-state index in [1.165, 1.54) is 25.3 Å². The largest absolute Gasteiger partial charge is 0.502 e. The van der Waals surface area contributed by atoms with Gasteiger partial charge in [-0.2, -0.15) is 0 Å². The molecule has 1 fully saturated rings. The van der Waals surface area contributed by atoms with Crippen molar-refractivity contribution in [1.29, 1.82) is 0 Å². The lowest BCUT2D eigenvalue weighted by atomic mass is 10.0. The number of piperidine rings is 1. The number of hydrogen-bond acceptors (Lipinski definition) is 5. The lowest BCUT2D eigenvalue weighted by molar-refractivity contribution is 0.163. The lowest BCUT2D eigenvalue weighted by Crippen LogP contribution is -2.45. The molecular weight excluding hydrogens is 256 g/mol. The molecule has 1 unspecified atom stereocenters. The van der Waals surface area contributed by atoms with Crippen LogP contribution >= 0.6 is 0 Å². The van der Waals surface area contributed by atoms with Gasteiger partial charge < -0.3 is 14.8 Å². The number of nitrogens with zero attached hydrogens (tertiary/aromatic N) is 1. The number of aromatic hydroxyl groups is 1. The Kier molecular flexibility index (Phi) is 5.20. The highest BCUT2D eigenvalue weighted by Gasteiger charge is 2.19. The molecule has 0 bridgehead atoms. The third kappa shape index (κ3) is 4.08. The van der Waals surface area contributed by atoms with Gasteiger partial charge in [0.05, 0.1) is 6.54 Å². The Bertz CT molecular complexity index is 478. The maximum atomic E-state index is 11.4. The quantitative estimate of drug-likeness (QED) is 0.859. The van der Waals surface area contributed by atoms with Gasteiger partial charge in [0.1, 0.15) is 12.0 Å². The van der Waals surface area contributed by atoms with Gasteiger partial charge in [-0.1, -0.05) is 6.42 Å². The second-order valence-electron chi connectivity index (χ2n) is 5.77. The molecule has 1 aromatic heterocycles. The molecule has 0 spiro atoms. The average Bonchev–Trinajstić information content (AvgIpc) is 2.43. The Balaban J connectivity index is 2.00. The first-order valence-electron chi connectivity index (χ1n) is 7.34. The van der Waals surface area contributed by atoms with Crippen LogP contribution in [-0.2, 0) is 6.54 Å². The maximum Gasteiger partial charge on any atom is 0.226 e. The monoisotopic (exact) mass is 280 g/mol. The lowest BCUT2D eigenvalue weighted by Gasteiger charge is -2.32. The fourth-order valence-electron chi connectivity index (χ4n) is 2.55. The van der Waals surface area contributed by atoms with Crippen molar-refractivity contribution in [3.63, 3.8) is 0 Å². The fourth-order valence-corrected chi connectivity index (χ4v) is 2.55. The van der Waals surface area contributed by atoms with E-state index >= 15 is 0 Å². The zero-order valence-electron chi connectivity index (χ0n) is 12.3. The Hall–Kier alpha value is -1.33. The summed E-state index contributed by atoms with van der Waals surface area (Å²) in [4.78, 5) is 13.7. The van der Waals surface area contributed by atoms with Crippen LogP contribution in [0, 0.1) is 0 Å². The van der Waals surface area contributed by atoms with Crippen molar-refractivity contribution in [3.05, 3.63) is 28.3 Å². The Morgan fingerprint density at radius 1 is 1.50 bits per heavy atom. The van der Waals surface area contributed by atoms with Crippen LogP contribution < -0.4 is 10.7 Å². The predicted molar refractivity (Wildman–Crippen MR) is 77.8 cm³/mol. The van der Waals surface area contributed by atoms with Gasteiger partial charge in [0.25, 0.3) is 0 Å². The zero-order valence-corrected chi connectivity index (χ0v) is 12.3. The first kappa shape index (κ1) is 15.1. The molecule has 1 aliphatic rings. The molecule has 5 heteroatoms. The molecule has 1 aliphatic heterocycles. The van der Waals surface area contributed by atoms with Crippen molar-refractivity contribution < 1.29 is 9.52 Å². The molecule has 20 heavy (non-hydrogen) atoms. The van der Waals surface area contributed by atoms with Crippen molar-refractivity contribution in [2.24, 2.45) is 0 Å². The van der Waals surface area contributed by atoms with Crippen LogP contribution in [0.15, 0.2) is 21.5 Å². The fraction of sp³-hybridized carbons (Fsp3) is 0.667. The molecule has 0 aromatic carbocycles. The molecule has 0 radical (unpaired) electrons. The van der Waals surface area contributed by atoms with Gasteiger partial charge in [0, 0.05) is 24.7 Å².